The maximum atomic E-state index is 13.3. The van der Waals surface area contributed by atoms with E-state index >= 15 is 0 Å². The summed E-state index contributed by atoms with van der Waals surface area (Å²) >= 11 is 0. The highest BCUT2D eigenvalue weighted by atomic mass is 16.8. The van der Waals surface area contributed by atoms with Crippen molar-refractivity contribution in [1.29, 1.82) is 0 Å². The fraction of sp³-hybridized carbons (Fsp3) is 0.881. The van der Waals surface area contributed by atoms with Crippen molar-refractivity contribution in [3.05, 3.63) is 36.5 Å². The highest BCUT2D eigenvalue weighted by Crippen LogP contribution is 2.33. The van der Waals surface area contributed by atoms with Crippen LogP contribution in [0.4, 0.5) is 0 Å². The number of aliphatic hydroxyl groups excluding tert-OH is 11. The number of unbranched alkanes of at least 4 members (excludes halogenated alkanes) is 24. The number of hydrogen-bond donors (Lipinski definition) is 12. The number of aliphatic hydroxyl groups is 11. The van der Waals surface area contributed by atoms with Gasteiger partial charge in [0.15, 0.2) is 18.9 Å². The lowest BCUT2D eigenvalue weighted by molar-refractivity contribution is -0.379. The predicted octanol–water partition coefficient (Wildman–Crippen LogP) is 5.32. The van der Waals surface area contributed by atoms with Gasteiger partial charge in [-0.2, -0.15) is 0 Å². The van der Waals surface area contributed by atoms with Crippen LogP contribution >= 0.6 is 0 Å². The van der Waals surface area contributed by atoms with E-state index in [1.54, 1.807) is 6.08 Å². The molecule has 78 heavy (non-hydrogen) atoms. The summed E-state index contributed by atoms with van der Waals surface area (Å²) in [5.41, 5.74) is 0. The second-order valence-corrected chi connectivity index (χ2v) is 21.8. The predicted molar refractivity (Wildman–Crippen MR) is 296 cm³/mol. The Balaban J connectivity index is 1.45. The summed E-state index contributed by atoms with van der Waals surface area (Å²) in [6.45, 7) is 1.67. The first-order valence-corrected chi connectivity index (χ1v) is 30.2. The summed E-state index contributed by atoms with van der Waals surface area (Å²) in [6.07, 6.45) is 18.5. The Hall–Kier alpha value is -1.99. The Morgan fingerprint density at radius 1 is 0.462 bits per heavy atom. The second kappa shape index (κ2) is 42.8. The minimum atomic E-state index is -1.98. The third-order valence-electron chi connectivity index (χ3n) is 15.2. The molecule has 19 nitrogen and oxygen atoms in total. The molecule has 3 aliphatic rings. The number of ether oxygens (including phenoxy) is 6. The first-order chi connectivity index (χ1) is 37.8. The van der Waals surface area contributed by atoms with Crippen molar-refractivity contribution >= 4 is 5.91 Å². The smallest absolute Gasteiger partial charge is 0.220 e. The van der Waals surface area contributed by atoms with Crippen LogP contribution in [-0.2, 0) is 33.2 Å². The molecule has 3 rings (SSSR count). The van der Waals surface area contributed by atoms with E-state index in [-0.39, 0.29) is 18.9 Å². The van der Waals surface area contributed by atoms with Gasteiger partial charge in [0.1, 0.15) is 73.2 Å². The molecule has 3 fully saturated rings. The van der Waals surface area contributed by atoms with Gasteiger partial charge in [-0.1, -0.05) is 179 Å². The molecule has 3 saturated heterocycles. The lowest BCUT2D eigenvalue weighted by atomic mass is 9.96. The Kier molecular flexibility index (Phi) is 38.5. The van der Waals surface area contributed by atoms with Crippen LogP contribution in [0.5, 0.6) is 0 Å². The summed E-state index contributed by atoms with van der Waals surface area (Å²) in [5, 5.41) is 120. The van der Waals surface area contributed by atoms with Crippen molar-refractivity contribution in [2.45, 2.75) is 304 Å². The Labute approximate surface area is 466 Å². The molecule has 0 radical (unpaired) electrons. The van der Waals surface area contributed by atoms with Crippen LogP contribution in [0.3, 0.4) is 0 Å². The van der Waals surface area contributed by atoms with Crippen molar-refractivity contribution in [1.82, 2.24) is 5.32 Å². The highest BCUT2D eigenvalue weighted by molar-refractivity contribution is 5.76. The number of nitrogens with one attached hydrogen (secondary N) is 1. The van der Waals surface area contributed by atoms with Gasteiger partial charge in [0.25, 0.3) is 0 Å². The number of rotatable bonds is 44. The van der Waals surface area contributed by atoms with Crippen molar-refractivity contribution < 1.29 is 89.4 Å². The Bertz CT molecular complexity index is 1570. The van der Waals surface area contributed by atoms with Gasteiger partial charge >= 0.3 is 0 Å². The number of hydrogen-bond acceptors (Lipinski definition) is 18. The fourth-order valence-corrected chi connectivity index (χ4v) is 10.2. The molecule has 3 aliphatic heterocycles. The third kappa shape index (κ3) is 26.5. The molecule has 0 spiro atoms. The van der Waals surface area contributed by atoms with Gasteiger partial charge in [-0.15, -0.1) is 0 Å². The van der Waals surface area contributed by atoms with E-state index in [4.69, 9.17) is 28.4 Å². The molecule has 0 aliphatic carbocycles. The number of carbonyl (C=O) groups is 1. The van der Waals surface area contributed by atoms with E-state index in [1.165, 1.54) is 116 Å². The van der Waals surface area contributed by atoms with Crippen molar-refractivity contribution in [2.24, 2.45) is 0 Å². The SMILES string of the molecule is CCCCCCC/C=C\C/C=C\CCCCCCCCCCCCCC(=O)NC(COC1OC(CO)C(OC2OC(CO)C(OC3OC(CO)C(O)C(O)C3O)C(O)C2O)C(O)C1O)C(O)/C=C/CCCCCCCCCC. The number of allylic oxidation sites excluding steroid dienone is 5. The average molecular weight is 1120 g/mol. The molecule has 456 valence electrons. The number of carbonyl (C=O) groups excluding carboxylic acids is 1. The van der Waals surface area contributed by atoms with E-state index in [0.717, 1.165) is 57.8 Å². The Morgan fingerprint density at radius 3 is 1.31 bits per heavy atom. The quantitative estimate of drug-likeness (QED) is 0.0271. The van der Waals surface area contributed by atoms with E-state index in [0.29, 0.717) is 6.42 Å². The molecule has 0 saturated carbocycles. The molecule has 19 heteroatoms. The standard InChI is InChI=1S/C59H107NO18/c1-3-5-7-9-11-13-15-16-17-18-19-20-21-22-23-24-25-26-27-29-31-33-35-37-47(65)60-42(43(64)36-34-32-30-28-14-12-10-8-6-4-2)41-73-57-53(71)50(68)55(45(39-62)75-57)78-59-54(72)51(69)56(46(40-63)76-59)77-58-52(70)49(67)48(66)44(38-61)74-58/h15-16,18-19,34,36,42-46,48-59,61-64,66-72H,3-14,17,20-33,35,37-41H2,1-2H3,(H,60,65)/b16-15-,19-18-,36-34+. The van der Waals surface area contributed by atoms with Crippen LogP contribution < -0.4 is 5.32 Å². The summed E-state index contributed by atoms with van der Waals surface area (Å²) in [5.74, 6) is -0.281. The van der Waals surface area contributed by atoms with Gasteiger partial charge in [0.05, 0.1) is 38.6 Å². The molecule has 0 aromatic carbocycles. The molecule has 3 heterocycles. The topological polar surface area (TPSA) is 307 Å². The van der Waals surface area contributed by atoms with E-state index in [2.05, 4.69) is 43.5 Å². The lowest BCUT2D eigenvalue weighted by Crippen LogP contribution is -2.66. The molecule has 17 atom stereocenters. The van der Waals surface area contributed by atoms with Crippen LogP contribution in [-0.4, -0.2) is 193 Å². The zero-order valence-corrected chi connectivity index (χ0v) is 47.4. The molecular formula is C59H107NO18. The molecule has 0 bridgehead atoms. The zero-order chi connectivity index (χ0) is 56.9. The van der Waals surface area contributed by atoms with Crippen LogP contribution in [0.15, 0.2) is 36.5 Å². The monoisotopic (exact) mass is 1120 g/mol. The average Bonchev–Trinajstić information content (AvgIpc) is 3.49. The van der Waals surface area contributed by atoms with Gasteiger partial charge in [-0.25, -0.2) is 0 Å². The third-order valence-corrected chi connectivity index (χ3v) is 15.2. The molecule has 0 aromatic heterocycles. The molecule has 1 amide bonds. The lowest BCUT2D eigenvalue weighted by Gasteiger charge is -2.48. The number of amides is 1. The summed E-state index contributed by atoms with van der Waals surface area (Å²) < 4.78 is 34.2. The van der Waals surface area contributed by atoms with Gasteiger partial charge in [-0.05, 0) is 51.4 Å². The van der Waals surface area contributed by atoms with Gasteiger partial charge in [0, 0.05) is 6.42 Å². The van der Waals surface area contributed by atoms with E-state index < -0.39 is 124 Å². The van der Waals surface area contributed by atoms with E-state index in [1.807, 2.05) is 6.08 Å². The summed E-state index contributed by atoms with van der Waals surface area (Å²) in [6, 6.07) is -0.971. The first-order valence-electron chi connectivity index (χ1n) is 30.2. The normalized spacial score (nSPS) is 30.7. The summed E-state index contributed by atoms with van der Waals surface area (Å²) in [7, 11) is 0. The maximum absolute atomic E-state index is 13.3. The van der Waals surface area contributed by atoms with Gasteiger partial charge in [0.2, 0.25) is 5.91 Å². The van der Waals surface area contributed by atoms with Crippen LogP contribution in [0.2, 0.25) is 0 Å². The fourth-order valence-electron chi connectivity index (χ4n) is 10.2. The highest BCUT2D eigenvalue weighted by Gasteiger charge is 2.53. The Morgan fingerprint density at radius 2 is 0.846 bits per heavy atom. The molecule has 0 aromatic rings. The second-order valence-electron chi connectivity index (χ2n) is 21.8. The first kappa shape index (κ1) is 70.3. The summed E-state index contributed by atoms with van der Waals surface area (Å²) in [4.78, 5) is 13.3. The van der Waals surface area contributed by atoms with Crippen LogP contribution in [0.1, 0.15) is 200 Å². The van der Waals surface area contributed by atoms with Crippen LogP contribution in [0.25, 0.3) is 0 Å². The van der Waals surface area contributed by atoms with E-state index in [9.17, 15) is 61.0 Å². The van der Waals surface area contributed by atoms with Crippen LogP contribution in [0, 0.1) is 0 Å². The molecule has 12 N–H and O–H groups in total. The largest absolute Gasteiger partial charge is 0.394 e. The maximum Gasteiger partial charge on any atom is 0.220 e. The van der Waals surface area contributed by atoms with Gasteiger partial charge < -0.3 is 89.9 Å². The minimum Gasteiger partial charge on any atom is -0.394 e. The van der Waals surface area contributed by atoms with Crippen molar-refractivity contribution in [3.8, 4) is 0 Å². The zero-order valence-electron chi connectivity index (χ0n) is 47.4. The van der Waals surface area contributed by atoms with Gasteiger partial charge in [-0.3, -0.25) is 4.79 Å². The molecule has 17 unspecified atom stereocenters. The van der Waals surface area contributed by atoms with Crippen molar-refractivity contribution in [2.75, 3.05) is 26.4 Å². The minimum absolute atomic E-state index is 0.241. The van der Waals surface area contributed by atoms with Crippen molar-refractivity contribution in [3.63, 3.8) is 0 Å². The molecular weight excluding hydrogens is 1010 g/mol.